The van der Waals surface area contributed by atoms with Crippen molar-refractivity contribution in [2.75, 3.05) is 0 Å². The van der Waals surface area contributed by atoms with Crippen molar-refractivity contribution in [3.63, 3.8) is 0 Å². The Hall–Kier alpha value is -6.12. The van der Waals surface area contributed by atoms with E-state index in [9.17, 15) is 0 Å². The second-order valence-electron chi connectivity index (χ2n) is 12.2. The highest BCUT2D eigenvalue weighted by Crippen LogP contribution is 2.37. The van der Waals surface area contributed by atoms with E-state index in [2.05, 4.69) is 162 Å². The molecular weight excluding hydrogens is 581 g/mol. The van der Waals surface area contributed by atoms with Gasteiger partial charge in [0, 0.05) is 23.9 Å². The number of pyridine rings is 2. The molecule has 0 N–H and O–H groups in total. The average molecular weight is 615 g/mol. The van der Waals surface area contributed by atoms with Crippen molar-refractivity contribution in [3.05, 3.63) is 200 Å². The quantitative estimate of drug-likeness (QED) is 0.178. The van der Waals surface area contributed by atoms with Crippen molar-refractivity contribution >= 4 is 5.57 Å². The summed E-state index contributed by atoms with van der Waals surface area (Å²) in [6.45, 7) is 0. The summed E-state index contributed by atoms with van der Waals surface area (Å²) in [4.78, 5) is 9.16. The van der Waals surface area contributed by atoms with E-state index in [1.54, 1.807) is 0 Å². The first-order chi connectivity index (χ1) is 23.8. The molecule has 2 aromatic heterocycles. The minimum absolute atomic E-state index is 0.294. The van der Waals surface area contributed by atoms with E-state index < -0.39 is 0 Å². The van der Waals surface area contributed by atoms with Crippen LogP contribution < -0.4 is 0 Å². The predicted octanol–water partition coefficient (Wildman–Crippen LogP) is 11.9. The van der Waals surface area contributed by atoms with Crippen LogP contribution >= 0.6 is 0 Å². The molecule has 2 nitrogen and oxygen atoms in total. The highest BCUT2D eigenvalue weighted by atomic mass is 14.7. The van der Waals surface area contributed by atoms with Crippen LogP contribution in [0.15, 0.2) is 188 Å². The topological polar surface area (TPSA) is 25.8 Å². The third kappa shape index (κ3) is 6.29. The first-order valence-corrected chi connectivity index (χ1v) is 16.5. The van der Waals surface area contributed by atoms with Gasteiger partial charge in [-0.2, -0.15) is 0 Å². The Kier molecular flexibility index (Phi) is 8.13. The van der Waals surface area contributed by atoms with Crippen LogP contribution in [-0.4, -0.2) is 9.97 Å². The molecule has 1 unspecified atom stereocenters. The van der Waals surface area contributed by atoms with Crippen molar-refractivity contribution in [1.29, 1.82) is 0 Å². The summed E-state index contributed by atoms with van der Waals surface area (Å²) in [6.07, 6.45) is 11.5. The largest absolute Gasteiger partial charge is 0.256 e. The van der Waals surface area contributed by atoms with Gasteiger partial charge in [-0.3, -0.25) is 9.97 Å². The molecule has 1 aliphatic carbocycles. The van der Waals surface area contributed by atoms with Crippen LogP contribution in [0, 0.1) is 0 Å². The molecule has 8 rings (SSSR count). The zero-order chi connectivity index (χ0) is 32.1. The molecule has 0 saturated heterocycles. The molecule has 0 bridgehead atoms. The summed E-state index contributed by atoms with van der Waals surface area (Å²) in [5, 5.41) is 0. The summed E-state index contributed by atoms with van der Waals surface area (Å²) in [5.74, 6) is 0.294. The molecule has 2 heteroatoms. The fourth-order valence-electron chi connectivity index (χ4n) is 6.60. The van der Waals surface area contributed by atoms with Crippen LogP contribution in [0.25, 0.3) is 61.3 Å². The van der Waals surface area contributed by atoms with Gasteiger partial charge in [0.05, 0.1) is 11.4 Å². The minimum Gasteiger partial charge on any atom is -0.256 e. The number of rotatable bonds is 7. The summed E-state index contributed by atoms with van der Waals surface area (Å²) >= 11 is 0. The van der Waals surface area contributed by atoms with Crippen LogP contribution in [0.5, 0.6) is 0 Å². The summed E-state index contributed by atoms with van der Waals surface area (Å²) in [6, 6.07) is 56.4. The molecule has 0 aliphatic heterocycles. The molecule has 1 atom stereocenters. The maximum atomic E-state index is 4.59. The van der Waals surface area contributed by atoms with Gasteiger partial charge >= 0.3 is 0 Å². The SMILES string of the molecule is C1=CC(c2ccccn2)=CC(c2cccc(-c3cc(-c4ccccc4)cc(-c4cccc(-c5cccc(-c6ccccn6)c5)c4)c3)c2)C1. The number of allylic oxidation sites excluding steroid dienone is 4. The van der Waals surface area contributed by atoms with Gasteiger partial charge in [-0.05, 0) is 117 Å². The molecule has 0 amide bonds. The molecule has 5 aromatic carbocycles. The smallest absolute Gasteiger partial charge is 0.0702 e. The van der Waals surface area contributed by atoms with Gasteiger partial charge < -0.3 is 0 Å². The number of aromatic nitrogens is 2. The molecule has 0 spiro atoms. The molecule has 7 aromatic rings. The fourth-order valence-corrected chi connectivity index (χ4v) is 6.60. The molecular formula is C46H34N2. The second kappa shape index (κ2) is 13.3. The van der Waals surface area contributed by atoms with Crippen molar-refractivity contribution in [2.45, 2.75) is 12.3 Å². The molecule has 2 heterocycles. The Balaban J connectivity index is 1.18. The average Bonchev–Trinajstić information content (AvgIpc) is 3.19. The molecule has 1 aliphatic rings. The van der Waals surface area contributed by atoms with Gasteiger partial charge in [0.1, 0.15) is 0 Å². The lowest BCUT2D eigenvalue weighted by atomic mass is 9.86. The van der Waals surface area contributed by atoms with Gasteiger partial charge in [0.25, 0.3) is 0 Å². The monoisotopic (exact) mass is 614 g/mol. The normalized spacial score (nSPS) is 14.0. The predicted molar refractivity (Wildman–Crippen MR) is 200 cm³/mol. The van der Waals surface area contributed by atoms with Crippen LogP contribution in [0.2, 0.25) is 0 Å². The standard InChI is InChI=1S/C46H34N2/c1-2-12-33(13-3-1)42-30-43(38-18-8-14-34(26-38)36-16-10-20-40(28-36)45-22-4-6-24-47-45)32-44(31-42)39-19-9-15-35(27-39)37-17-11-21-41(29-37)46-23-5-7-25-48-46/h1-16,18-32,37H,17H2. The van der Waals surface area contributed by atoms with E-state index in [0.29, 0.717) is 5.92 Å². The third-order valence-electron chi connectivity index (χ3n) is 9.07. The number of hydrogen-bond donors (Lipinski definition) is 0. The Morgan fingerprint density at radius 2 is 0.896 bits per heavy atom. The van der Waals surface area contributed by atoms with E-state index in [-0.39, 0.29) is 0 Å². The molecule has 228 valence electrons. The molecule has 0 radical (unpaired) electrons. The maximum Gasteiger partial charge on any atom is 0.0702 e. The zero-order valence-corrected chi connectivity index (χ0v) is 26.6. The van der Waals surface area contributed by atoms with Gasteiger partial charge in [-0.15, -0.1) is 0 Å². The van der Waals surface area contributed by atoms with E-state index in [0.717, 1.165) is 23.4 Å². The molecule has 0 saturated carbocycles. The van der Waals surface area contributed by atoms with Crippen molar-refractivity contribution in [3.8, 4) is 55.8 Å². The van der Waals surface area contributed by atoms with Crippen LogP contribution in [0.3, 0.4) is 0 Å². The highest BCUT2D eigenvalue weighted by Gasteiger charge is 2.15. The van der Waals surface area contributed by atoms with Crippen LogP contribution in [0.4, 0.5) is 0 Å². The van der Waals surface area contributed by atoms with Crippen molar-refractivity contribution in [2.24, 2.45) is 0 Å². The zero-order valence-electron chi connectivity index (χ0n) is 26.6. The third-order valence-corrected chi connectivity index (χ3v) is 9.07. The lowest BCUT2D eigenvalue weighted by Gasteiger charge is -2.18. The van der Waals surface area contributed by atoms with Gasteiger partial charge in [0.2, 0.25) is 0 Å². The second-order valence-corrected chi connectivity index (χ2v) is 12.2. The molecule has 0 fully saturated rings. The first kappa shape index (κ1) is 29.3. The summed E-state index contributed by atoms with van der Waals surface area (Å²) < 4.78 is 0. The Bertz CT molecular complexity index is 2250. The van der Waals surface area contributed by atoms with E-state index >= 15 is 0 Å². The number of hydrogen-bond acceptors (Lipinski definition) is 2. The maximum absolute atomic E-state index is 4.59. The molecule has 48 heavy (non-hydrogen) atoms. The number of benzene rings is 5. The van der Waals surface area contributed by atoms with E-state index in [1.165, 1.54) is 55.6 Å². The Morgan fingerprint density at radius 3 is 1.56 bits per heavy atom. The van der Waals surface area contributed by atoms with Crippen LogP contribution in [-0.2, 0) is 0 Å². The number of nitrogens with zero attached hydrogens (tertiary/aromatic N) is 2. The van der Waals surface area contributed by atoms with Gasteiger partial charge in [-0.1, -0.05) is 121 Å². The Labute approximate surface area is 282 Å². The fraction of sp³-hybridized carbons (Fsp3) is 0.0435. The van der Waals surface area contributed by atoms with Crippen LogP contribution in [0.1, 0.15) is 23.6 Å². The van der Waals surface area contributed by atoms with Crippen molar-refractivity contribution < 1.29 is 0 Å². The van der Waals surface area contributed by atoms with Crippen molar-refractivity contribution in [1.82, 2.24) is 9.97 Å². The van der Waals surface area contributed by atoms with E-state index in [1.807, 2.05) is 36.7 Å². The minimum atomic E-state index is 0.294. The van der Waals surface area contributed by atoms with Gasteiger partial charge in [-0.25, -0.2) is 0 Å². The Morgan fingerprint density at radius 1 is 0.396 bits per heavy atom. The highest BCUT2D eigenvalue weighted by molar-refractivity contribution is 5.83. The van der Waals surface area contributed by atoms with E-state index in [4.69, 9.17) is 0 Å². The van der Waals surface area contributed by atoms with Gasteiger partial charge in [0.15, 0.2) is 0 Å². The lowest BCUT2D eigenvalue weighted by molar-refractivity contribution is 0.856. The summed E-state index contributed by atoms with van der Waals surface area (Å²) in [5.41, 5.74) is 15.2. The first-order valence-electron chi connectivity index (χ1n) is 16.5. The summed E-state index contributed by atoms with van der Waals surface area (Å²) in [7, 11) is 0. The lowest BCUT2D eigenvalue weighted by Crippen LogP contribution is -2.00.